The highest BCUT2D eigenvalue weighted by atomic mass is 35.5. The van der Waals surface area contributed by atoms with Crippen molar-refractivity contribution in [3.8, 4) is 6.07 Å². The summed E-state index contributed by atoms with van der Waals surface area (Å²) in [6, 6.07) is 6.65. The van der Waals surface area contributed by atoms with Crippen molar-refractivity contribution < 1.29 is 4.79 Å². The fourth-order valence-electron chi connectivity index (χ4n) is 2.11. The van der Waals surface area contributed by atoms with Crippen molar-refractivity contribution in [1.82, 2.24) is 9.97 Å². The summed E-state index contributed by atoms with van der Waals surface area (Å²) >= 11 is 14.0. The number of anilines is 1. The second-order valence-corrected chi connectivity index (χ2v) is 8.06. The van der Waals surface area contributed by atoms with E-state index < -0.39 is 11.2 Å². The zero-order chi connectivity index (χ0) is 18.8. The van der Waals surface area contributed by atoms with Crippen LogP contribution in [0.25, 0.3) is 10.2 Å². The van der Waals surface area contributed by atoms with Gasteiger partial charge in [-0.25, -0.2) is 4.79 Å². The summed E-state index contributed by atoms with van der Waals surface area (Å²) in [7, 11) is 0. The molecular weight excluding hydrogens is 419 g/mol. The lowest BCUT2D eigenvalue weighted by molar-refractivity contribution is -0.113. The number of aromatic amines is 2. The van der Waals surface area contributed by atoms with E-state index >= 15 is 0 Å². The van der Waals surface area contributed by atoms with E-state index in [9.17, 15) is 19.6 Å². The number of thiophene rings is 1. The van der Waals surface area contributed by atoms with E-state index in [0.717, 1.165) is 23.1 Å². The minimum atomic E-state index is -0.693. The van der Waals surface area contributed by atoms with Crippen LogP contribution in [0.3, 0.4) is 0 Å². The monoisotopic (exact) mass is 426 g/mol. The molecule has 0 spiro atoms. The zero-order valence-electron chi connectivity index (χ0n) is 12.7. The summed E-state index contributed by atoms with van der Waals surface area (Å²) < 4.78 is 0.684. The van der Waals surface area contributed by atoms with Crippen molar-refractivity contribution in [2.45, 2.75) is 4.21 Å². The van der Waals surface area contributed by atoms with Crippen LogP contribution in [0, 0.1) is 11.3 Å². The number of amides is 1. The number of hydrogen-bond donors (Lipinski definition) is 3. The Morgan fingerprint density at radius 2 is 2.08 bits per heavy atom. The molecule has 0 saturated carbocycles. The average Bonchev–Trinajstić information content (AvgIpc) is 2.94. The Labute approximate surface area is 164 Å². The number of nitriles is 1. The molecule has 0 fully saturated rings. The molecule has 0 unspecified atom stereocenters. The van der Waals surface area contributed by atoms with Crippen molar-refractivity contribution >= 4 is 68.1 Å². The van der Waals surface area contributed by atoms with Crippen LogP contribution >= 0.6 is 46.3 Å². The maximum absolute atomic E-state index is 12.1. The van der Waals surface area contributed by atoms with Gasteiger partial charge in [0.25, 0.3) is 5.56 Å². The van der Waals surface area contributed by atoms with Crippen molar-refractivity contribution in [2.75, 3.05) is 11.1 Å². The summed E-state index contributed by atoms with van der Waals surface area (Å²) in [5, 5.41) is 12.7. The first-order valence-electron chi connectivity index (χ1n) is 6.96. The van der Waals surface area contributed by atoms with Crippen LogP contribution in [0.15, 0.2) is 32.0 Å². The highest BCUT2D eigenvalue weighted by Gasteiger charge is 2.17. The first kappa shape index (κ1) is 18.5. The Bertz CT molecular complexity index is 1180. The molecule has 0 saturated heterocycles. The van der Waals surface area contributed by atoms with Crippen LogP contribution in [0.2, 0.25) is 10.0 Å². The summed E-state index contributed by atoms with van der Waals surface area (Å²) in [4.78, 5) is 39.9. The van der Waals surface area contributed by atoms with E-state index in [-0.39, 0.29) is 27.4 Å². The van der Waals surface area contributed by atoms with Gasteiger partial charge in [-0.2, -0.15) is 5.26 Å². The second kappa shape index (κ2) is 7.55. The average molecular weight is 427 g/mol. The molecule has 3 aromatic rings. The largest absolute Gasteiger partial charge is 0.326 e. The Morgan fingerprint density at radius 3 is 2.81 bits per heavy atom. The number of halogens is 2. The van der Waals surface area contributed by atoms with Gasteiger partial charge in [-0.3, -0.25) is 14.6 Å². The maximum Gasteiger partial charge on any atom is 0.326 e. The third-order valence-electron chi connectivity index (χ3n) is 3.20. The quantitative estimate of drug-likeness (QED) is 0.553. The first-order valence-corrected chi connectivity index (χ1v) is 9.51. The molecule has 2 aromatic heterocycles. The molecule has 1 aromatic carbocycles. The topological polar surface area (TPSA) is 119 Å². The third kappa shape index (κ3) is 3.78. The van der Waals surface area contributed by atoms with Crippen LogP contribution < -0.4 is 16.6 Å². The minimum Gasteiger partial charge on any atom is -0.324 e. The smallest absolute Gasteiger partial charge is 0.324 e. The Kier molecular flexibility index (Phi) is 5.38. The number of H-pyrrole nitrogens is 2. The molecule has 3 rings (SSSR count). The van der Waals surface area contributed by atoms with Crippen LogP contribution in [0.5, 0.6) is 0 Å². The minimum absolute atomic E-state index is 0.0213. The van der Waals surface area contributed by atoms with Gasteiger partial charge in [0.05, 0.1) is 26.2 Å². The summed E-state index contributed by atoms with van der Waals surface area (Å²) in [5.41, 5.74) is -0.560. The molecule has 11 heteroatoms. The fourth-order valence-corrected chi connectivity index (χ4v) is 4.57. The Balaban J connectivity index is 1.81. The standard InChI is InChI=1S/C15H8Cl2N4O3S2/c16-6-1-2-8(17)9(3-6)19-10(22)5-25-14-7(4-18)11-12(26-14)13(23)21-15(24)20-11/h1-3H,5H2,(H,19,22)(H2,20,21,23,24). The van der Waals surface area contributed by atoms with Gasteiger partial charge in [0, 0.05) is 5.02 Å². The van der Waals surface area contributed by atoms with Gasteiger partial charge in [0.2, 0.25) is 5.91 Å². The summed E-state index contributed by atoms with van der Waals surface area (Å²) in [6.07, 6.45) is 0. The van der Waals surface area contributed by atoms with E-state index in [4.69, 9.17) is 23.2 Å². The number of carbonyl (C=O) groups is 1. The van der Waals surface area contributed by atoms with Crippen molar-refractivity contribution in [3.63, 3.8) is 0 Å². The van der Waals surface area contributed by atoms with Crippen LogP contribution in [-0.2, 0) is 4.79 Å². The van der Waals surface area contributed by atoms with Crippen molar-refractivity contribution in [3.05, 3.63) is 54.6 Å². The van der Waals surface area contributed by atoms with Gasteiger partial charge in [-0.1, -0.05) is 23.2 Å². The lowest BCUT2D eigenvalue weighted by atomic mass is 10.3. The molecule has 0 aliphatic rings. The SMILES string of the molecule is N#Cc1c(SCC(=O)Nc2cc(Cl)ccc2Cl)sc2c(=O)[nH]c(=O)[nH]c12. The Hall–Kier alpha value is -2.25. The van der Waals surface area contributed by atoms with E-state index in [1.165, 1.54) is 6.07 Å². The number of benzene rings is 1. The molecule has 132 valence electrons. The van der Waals surface area contributed by atoms with Gasteiger partial charge < -0.3 is 10.3 Å². The lowest BCUT2D eigenvalue weighted by Gasteiger charge is -2.07. The Morgan fingerprint density at radius 1 is 1.31 bits per heavy atom. The molecule has 26 heavy (non-hydrogen) atoms. The molecule has 0 aliphatic heterocycles. The first-order chi connectivity index (χ1) is 12.4. The predicted octanol–water partition coefficient (Wildman–Crippen LogP) is 3.19. The number of fused-ring (bicyclic) bond motifs is 1. The summed E-state index contributed by atoms with van der Waals surface area (Å²) in [5.74, 6) is -0.380. The van der Waals surface area contributed by atoms with E-state index in [0.29, 0.717) is 19.9 Å². The number of nitrogens with zero attached hydrogens (tertiary/aromatic N) is 1. The molecule has 1 amide bonds. The molecule has 7 nitrogen and oxygen atoms in total. The molecule has 0 radical (unpaired) electrons. The van der Waals surface area contributed by atoms with Crippen LogP contribution in [-0.4, -0.2) is 21.6 Å². The fraction of sp³-hybridized carbons (Fsp3) is 0.0667. The molecule has 2 heterocycles. The van der Waals surface area contributed by atoms with E-state index in [1.807, 2.05) is 6.07 Å². The van der Waals surface area contributed by atoms with Crippen LogP contribution in [0.4, 0.5) is 5.69 Å². The number of carbonyl (C=O) groups excluding carboxylic acids is 1. The molecule has 0 aliphatic carbocycles. The molecule has 0 bridgehead atoms. The number of hydrogen-bond acceptors (Lipinski definition) is 6. The number of rotatable bonds is 4. The van der Waals surface area contributed by atoms with Gasteiger partial charge in [-0.15, -0.1) is 23.1 Å². The van der Waals surface area contributed by atoms with Gasteiger partial charge in [0.1, 0.15) is 16.3 Å². The van der Waals surface area contributed by atoms with Crippen molar-refractivity contribution in [2.24, 2.45) is 0 Å². The van der Waals surface area contributed by atoms with E-state index in [1.54, 1.807) is 12.1 Å². The normalized spacial score (nSPS) is 10.7. The zero-order valence-corrected chi connectivity index (χ0v) is 15.8. The number of thioether (sulfide) groups is 1. The van der Waals surface area contributed by atoms with Gasteiger partial charge >= 0.3 is 5.69 Å². The maximum atomic E-state index is 12.1. The van der Waals surface area contributed by atoms with E-state index in [2.05, 4.69) is 15.3 Å². The van der Waals surface area contributed by atoms with Gasteiger partial charge in [-0.05, 0) is 18.2 Å². The van der Waals surface area contributed by atoms with Crippen molar-refractivity contribution in [1.29, 1.82) is 5.26 Å². The predicted molar refractivity (Wildman–Crippen MR) is 104 cm³/mol. The molecular formula is C15H8Cl2N4O3S2. The molecule has 0 atom stereocenters. The lowest BCUT2D eigenvalue weighted by Crippen LogP contribution is -2.20. The van der Waals surface area contributed by atoms with Gasteiger partial charge in [0.15, 0.2) is 0 Å². The highest BCUT2D eigenvalue weighted by molar-refractivity contribution is 8.02. The second-order valence-electron chi connectivity index (χ2n) is 4.95. The summed E-state index contributed by atoms with van der Waals surface area (Å²) in [6.45, 7) is 0. The number of aromatic nitrogens is 2. The molecule has 3 N–H and O–H groups in total. The highest BCUT2D eigenvalue weighted by Crippen LogP contribution is 2.35. The third-order valence-corrected chi connectivity index (χ3v) is 6.22. The van der Waals surface area contributed by atoms with Crippen LogP contribution in [0.1, 0.15) is 5.56 Å². The number of nitrogens with one attached hydrogen (secondary N) is 3.